The molecule has 1 aromatic carbocycles. The van der Waals surface area contributed by atoms with Gasteiger partial charge in [0.1, 0.15) is 11.4 Å². The summed E-state index contributed by atoms with van der Waals surface area (Å²) in [5.74, 6) is -0.723. The number of amides is 2. The number of hydrogen-bond acceptors (Lipinski definition) is 4. The summed E-state index contributed by atoms with van der Waals surface area (Å²) >= 11 is 0. The van der Waals surface area contributed by atoms with Gasteiger partial charge in [-0.05, 0) is 54.5 Å². The van der Waals surface area contributed by atoms with Crippen molar-refractivity contribution in [3.05, 3.63) is 54.0 Å². The molecule has 1 aliphatic carbocycles. The Balaban J connectivity index is 1.58. The normalized spacial score (nSPS) is 16.2. The number of hydrogen-bond donors (Lipinski definition) is 3. The van der Waals surface area contributed by atoms with E-state index >= 15 is 0 Å². The second-order valence-electron chi connectivity index (χ2n) is 7.09. The molecule has 6 nitrogen and oxygen atoms in total. The minimum Gasteiger partial charge on any atom is -0.466 e. The van der Waals surface area contributed by atoms with E-state index in [1.807, 2.05) is 12.1 Å². The van der Waals surface area contributed by atoms with Gasteiger partial charge in [-0.2, -0.15) is 0 Å². The van der Waals surface area contributed by atoms with Gasteiger partial charge in [0.05, 0.1) is 12.8 Å². The second kappa shape index (κ2) is 7.33. The van der Waals surface area contributed by atoms with Crippen LogP contribution < -0.4 is 10.6 Å². The van der Waals surface area contributed by atoms with Gasteiger partial charge in [-0.3, -0.25) is 9.59 Å². The molecule has 3 N–H and O–H groups in total. The smallest absolute Gasteiger partial charge is 0.313 e. The van der Waals surface area contributed by atoms with Gasteiger partial charge in [0.2, 0.25) is 0 Å². The Morgan fingerprint density at radius 1 is 1.19 bits per heavy atom. The Morgan fingerprint density at radius 2 is 1.88 bits per heavy atom. The van der Waals surface area contributed by atoms with Crippen LogP contribution in [0.4, 0.5) is 5.69 Å². The van der Waals surface area contributed by atoms with Gasteiger partial charge >= 0.3 is 11.8 Å². The summed E-state index contributed by atoms with van der Waals surface area (Å²) in [6, 6.07) is 10.7. The molecule has 1 heterocycles. The zero-order chi connectivity index (χ0) is 18.7. The second-order valence-corrected chi connectivity index (χ2v) is 7.09. The average molecular weight is 356 g/mol. The number of aliphatic hydroxyl groups is 1. The molecule has 1 atom stereocenters. The first-order chi connectivity index (χ1) is 12.4. The van der Waals surface area contributed by atoms with Gasteiger partial charge < -0.3 is 20.2 Å². The van der Waals surface area contributed by atoms with Crippen LogP contribution >= 0.6 is 0 Å². The predicted octanol–water partition coefficient (Wildman–Crippen LogP) is 2.76. The molecule has 26 heavy (non-hydrogen) atoms. The SMILES string of the molecule is CC(C)c1ccc(NC(=O)C(=O)NCC(O)(c2ccco2)C2CC2)cc1. The summed E-state index contributed by atoms with van der Waals surface area (Å²) in [7, 11) is 0. The number of carbonyl (C=O) groups is 2. The van der Waals surface area contributed by atoms with Crippen LogP contribution in [0.15, 0.2) is 47.1 Å². The molecule has 1 aromatic heterocycles. The highest BCUT2D eigenvalue weighted by molar-refractivity contribution is 6.39. The number of carbonyl (C=O) groups excluding carboxylic acids is 2. The Bertz CT molecular complexity index is 764. The largest absolute Gasteiger partial charge is 0.466 e. The zero-order valence-electron chi connectivity index (χ0n) is 15.0. The van der Waals surface area contributed by atoms with Crippen molar-refractivity contribution in [2.45, 2.75) is 38.2 Å². The fourth-order valence-corrected chi connectivity index (χ4v) is 2.95. The Kier molecular flexibility index (Phi) is 5.13. The highest BCUT2D eigenvalue weighted by Gasteiger charge is 2.47. The molecule has 3 rings (SSSR count). The van der Waals surface area contributed by atoms with E-state index in [1.54, 1.807) is 24.3 Å². The summed E-state index contributed by atoms with van der Waals surface area (Å²) in [4.78, 5) is 24.2. The molecule has 1 unspecified atom stereocenters. The Morgan fingerprint density at radius 3 is 2.42 bits per heavy atom. The third-order valence-electron chi connectivity index (χ3n) is 4.76. The van der Waals surface area contributed by atoms with E-state index in [0.717, 1.165) is 18.4 Å². The van der Waals surface area contributed by atoms with Crippen LogP contribution in [0.1, 0.15) is 43.9 Å². The van der Waals surface area contributed by atoms with E-state index in [0.29, 0.717) is 17.4 Å². The van der Waals surface area contributed by atoms with Crippen molar-refractivity contribution < 1.29 is 19.1 Å². The molecule has 0 bridgehead atoms. The topological polar surface area (TPSA) is 91.6 Å². The summed E-state index contributed by atoms with van der Waals surface area (Å²) in [6.07, 6.45) is 3.21. The minimum absolute atomic E-state index is 0.0283. The van der Waals surface area contributed by atoms with E-state index in [2.05, 4.69) is 24.5 Å². The van der Waals surface area contributed by atoms with E-state index in [4.69, 9.17) is 4.42 Å². The highest BCUT2D eigenvalue weighted by Crippen LogP contribution is 2.45. The van der Waals surface area contributed by atoms with Gasteiger partial charge in [-0.1, -0.05) is 26.0 Å². The quantitative estimate of drug-likeness (QED) is 0.694. The van der Waals surface area contributed by atoms with E-state index in [9.17, 15) is 14.7 Å². The third kappa shape index (κ3) is 3.96. The summed E-state index contributed by atoms with van der Waals surface area (Å²) in [6.45, 7) is 4.10. The molecule has 2 aromatic rings. The van der Waals surface area contributed by atoms with Crippen LogP contribution in [0.2, 0.25) is 0 Å². The van der Waals surface area contributed by atoms with Crippen molar-refractivity contribution in [3.63, 3.8) is 0 Å². The number of nitrogens with one attached hydrogen (secondary N) is 2. The van der Waals surface area contributed by atoms with Gasteiger partial charge in [-0.15, -0.1) is 0 Å². The van der Waals surface area contributed by atoms with Crippen LogP contribution in [0.25, 0.3) is 0 Å². The molecule has 0 spiro atoms. The zero-order valence-corrected chi connectivity index (χ0v) is 15.0. The molecule has 6 heteroatoms. The van der Waals surface area contributed by atoms with Crippen LogP contribution in [0.3, 0.4) is 0 Å². The van der Waals surface area contributed by atoms with Gasteiger partial charge in [-0.25, -0.2) is 0 Å². The lowest BCUT2D eigenvalue weighted by Gasteiger charge is -2.26. The molecule has 138 valence electrons. The van der Waals surface area contributed by atoms with Gasteiger partial charge in [0, 0.05) is 5.69 Å². The maximum Gasteiger partial charge on any atom is 0.313 e. The molecule has 0 saturated heterocycles. The number of rotatable bonds is 6. The van der Waals surface area contributed by atoms with Crippen molar-refractivity contribution in [1.29, 1.82) is 0 Å². The predicted molar refractivity (Wildman–Crippen MR) is 97.5 cm³/mol. The molecular formula is C20H24N2O4. The number of furan rings is 1. The highest BCUT2D eigenvalue weighted by atomic mass is 16.4. The van der Waals surface area contributed by atoms with Crippen LogP contribution in [-0.2, 0) is 15.2 Å². The first kappa shape index (κ1) is 18.2. The van der Waals surface area contributed by atoms with E-state index in [-0.39, 0.29) is 12.5 Å². The van der Waals surface area contributed by atoms with Crippen molar-refractivity contribution >= 4 is 17.5 Å². The van der Waals surface area contributed by atoms with Crippen molar-refractivity contribution in [1.82, 2.24) is 5.32 Å². The molecule has 0 radical (unpaired) electrons. The molecule has 1 aliphatic rings. The molecule has 1 fully saturated rings. The fraction of sp³-hybridized carbons (Fsp3) is 0.400. The Hall–Kier alpha value is -2.60. The maximum atomic E-state index is 12.1. The lowest BCUT2D eigenvalue weighted by atomic mass is 9.94. The van der Waals surface area contributed by atoms with Gasteiger partial charge in [0.25, 0.3) is 0 Å². The van der Waals surface area contributed by atoms with Crippen LogP contribution in [0, 0.1) is 5.92 Å². The minimum atomic E-state index is -1.28. The standard InChI is InChI=1S/C20H24N2O4/c1-13(2)14-5-9-16(10-6-14)22-19(24)18(23)21-12-20(25,15-7-8-15)17-4-3-11-26-17/h3-6,9-11,13,15,25H,7-8,12H2,1-2H3,(H,21,23)(H,22,24). The van der Waals surface area contributed by atoms with Gasteiger partial charge in [0.15, 0.2) is 0 Å². The number of benzene rings is 1. The molecule has 1 saturated carbocycles. The van der Waals surface area contributed by atoms with E-state index < -0.39 is 17.4 Å². The first-order valence-corrected chi connectivity index (χ1v) is 8.85. The van der Waals surface area contributed by atoms with Crippen molar-refractivity contribution in [2.24, 2.45) is 5.92 Å². The molecular weight excluding hydrogens is 332 g/mol. The molecule has 2 amide bonds. The fourth-order valence-electron chi connectivity index (χ4n) is 2.95. The number of anilines is 1. The van der Waals surface area contributed by atoms with Crippen LogP contribution in [-0.4, -0.2) is 23.5 Å². The first-order valence-electron chi connectivity index (χ1n) is 8.85. The maximum absolute atomic E-state index is 12.1. The summed E-state index contributed by atoms with van der Waals surface area (Å²) in [5, 5.41) is 16.0. The summed E-state index contributed by atoms with van der Waals surface area (Å²) < 4.78 is 5.32. The Labute approximate surface area is 152 Å². The van der Waals surface area contributed by atoms with Crippen molar-refractivity contribution in [3.8, 4) is 0 Å². The summed E-state index contributed by atoms with van der Waals surface area (Å²) in [5.41, 5.74) is 0.427. The lowest BCUT2D eigenvalue weighted by molar-refractivity contribution is -0.137. The van der Waals surface area contributed by atoms with E-state index in [1.165, 1.54) is 6.26 Å². The average Bonchev–Trinajstić information content (AvgIpc) is 3.34. The van der Waals surface area contributed by atoms with Crippen LogP contribution in [0.5, 0.6) is 0 Å². The molecule has 0 aliphatic heterocycles. The lowest BCUT2D eigenvalue weighted by Crippen LogP contribution is -2.45. The van der Waals surface area contributed by atoms with Crippen molar-refractivity contribution in [2.75, 3.05) is 11.9 Å². The third-order valence-corrected chi connectivity index (χ3v) is 4.76. The monoisotopic (exact) mass is 356 g/mol.